The Bertz CT molecular complexity index is 421. The average molecular weight is 253 g/mol. The van der Waals surface area contributed by atoms with Gasteiger partial charge in [0, 0.05) is 11.3 Å². The highest BCUT2D eigenvalue weighted by atomic mass is 79.9. The molecular weight excluding hydrogens is 244 g/mol. The second-order valence-electron chi connectivity index (χ2n) is 2.91. The molecule has 0 unspecified atom stereocenters. The van der Waals surface area contributed by atoms with Crippen LogP contribution in [0.15, 0.2) is 12.1 Å². The normalized spacial score (nSPS) is 9.50. The van der Waals surface area contributed by atoms with E-state index < -0.39 is 0 Å². The number of nitrogens with zero attached hydrogens (tertiary/aromatic N) is 1. The first-order valence-corrected chi connectivity index (χ1v) is 5.11. The van der Waals surface area contributed by atoms with Gasteiger partial charge in [0.1, 0.15) is 0 Å². The van der Waals surface area contributed by atoms with Crippen LogP contribution in [0.4, 0.5) is 5.69 Å². The van der Waals surface area contributed by atoms with E-state index in [-0.39, 0.29) is 11.1 Å². The third kappa shape index (κ3) is 1.94. The molecule has 0 radical (unpaired) electrons. The van der Waals surface area contributed by atoms with Crippen molar-refractivity contribution in [3.63, 3.8) is 0 Å². The molecule has 14 heavy (non-hydrogen) atoms. The second kappa shape index (κ2) is 4.25. The smallest absolute Gasteiger partial charge is 0.173 e. The van der Waals surface area contributed by atoms with Gasteiger partial charge in [-0.2, -0.15) is 5.26 Å². The summed E-state index contributed by atoms with van der Waals surface area (Å²) in [6, 6.07) is 5.17. The van der Waals surface area contributed by atoms with Gasteiger partial charge in [0.2, 0.25) is 0 Å². The Balaban J connectivity index is 3.32. The predicted octanol–water partition coefficient (Wildman–Crippen LogP) is 2.03. The molecule has 0 aliphatic carbocycles. The minimum atomic E-state index is -0.0757. The number of carbonyl (C=O) groups is 1. The maximum Gasteiger partial charge on any atom is 0.173 e. The Hall–Kier alpha value is -1.34. The first kappa shape index (κ1) is 10.7. The number of hydrogen-bond acceptors (Lipinski definition) is 3. The van der Waals surface area contributed by atoms with Crippen molar-refractivity contribution in [2.75, 3.05) is 11.1 Å². The molecule has 0 fully saturated rings. The summed E-state index contributed by atoms with van der Waals surface area (Å²) < 4.78 is 0. The van der Waals surface area contributed by atoms with Crippen molar-refractivity contribution < 1.29 is 4.79 Å². The number of ketones is 1. The lowest BCUT2D eigenvalue weighted by Gasteiger charge is -2.05. The van der Waals surface area contributed by atoms with E-state index in [9.17, 15) is 4.79 Å². The number of benzene rings is 1. The van der Waals surface area contributed by atoms with Gasteiger partial charge in [-0.05, 0) is 24.6 Å². The van der Waals surface area contributed by atoms with Crippen molar-refractivity contribution in [2.45, 2.75) is 6.92 Å². The van der Waals surface area contributed by atoms with Crippen LogP contribution in [0.3, 0.4) is 0 Å². The van der Waals surface area contributed by atoms with E-state index in [0.29, 0.717) is 16.8 Å². The highest BCUT2D eigenvalue weighted by Crippen LogP contribution is 2.19. The van der Waals surface area contributed by atoms with Crippen LogP contribution in [0, 0.1) is 18.3 Å². The summed E-state index contributed by atoms with van der Waals surface area (Å²) in [7, 11) is 0. The van der Waals surface area contributed by atoms with E-state index in [1.165, 1.54) is 0 Å². The molecule has 4 heteroatoms. The molecule has 0 bridgehead atoms. The van der Waals surface area contributed by atoms with Gasteiger partial charge in [0.05, 0.1) is 17.0 Å². The zero-order valence-corrected chi connectivity index (χ0v) is 9.26. The lowest BCUT2D eigenvalue weighted by molar-refractivity contribution is 0.102. The first-order chi connectivity index (χ1) is 6.60. The van der Waals surface area contributed by atoms with E-state index in [1.807, 2.05) is 6.07 Å². The van der Waals surface area contributed by atoms with Crippen LogP contribution in [0.2, 0.25) is 0 Å². The number of nitrogen functional groups attached to an aromatic ring is 1. The zero-order valence-electron chi connectivity index (χ0n) is 7.67. The van der Waals surface area contributed by atoms with Gasteiger partial charge in [0.15, 0.2) is 5.78 Å². The van der Waals surface area contributed by atoms with Crippen LogP contribution in [0.5, 0.6) is 0 Å². The SMILES string of the molecule is Cc1c(N)cc(C(=O)CBr)cc1C#N. The minimum absolute atomic E-state index is 0.0757. The quantitative estimate of drug-likeness (QED) is 0.498. The molecule has 72 valence electrons. The highest BCUT2D eigenvalue weighted by Gasteiger charge is 2.09. The van der Waals surface area contributed by atoms with E-state index in [2.05, 4.69) is 15.9 Å². The first-order valence-electron chi connectivity index (χ1n) is 3.99. The van der Waals surface area contributed by atoms with Crippen molar-refractivity contribution in [1.82, 2.24) is 0 Å². The highest BCUT2D eigenvalue weighted by molar-refractivity contribution is 9.09. The van der Waals surface area contributed by atoms with Gasteiger partial charge < -0.3 is 5.73 Å². The maximum atomic E-state index is 11.3. The maximum absolute atomic E-state index is 11.3. The lowest BCUT2D eigenvalue weighted by atomic mass is 10.0. The van der Waals surface area contributed by atoms with Crippen LogP contribution < -0.4 is 5.73 Å². The van der Waals surface area contributed by atoms with Crippen LogP contribution >= 0.6 is 15.9 Å². The predicted molar refractivity (Wildman–Crippen MR) is 58.4 cm³/mol. The van der Waals surface area contributed by atoms with Gasteiger partial charge in [-0.1, -0.05) is 15.9 Å². The molecule has 1 aromatic rings. The summed E-state index contributed by atoms with van der Waals surface area (Å²) in [6.07, 6.45) is 0. The molecule has 0 saturated heterocycles. The molecular formula is C10H9BrN2O. The molecule has 0 aromatic heterocycles. The van der Waals surface area contributed by atoms with Crippen molar-refractivity contribution in [1.29, 1.82) is 5.26 Å². The largest absolute Gasteiger partial charge is 0.398 e. The fraction of sp³-hybridized carbons (Fsp3) is 0.200. The lowest BCUT2D eigenvalue weighted by Crippen LogP contribution is -2.03. The number of rotatable bonds is 2. The van der Waals surface area contributed by atoms with E-state index in [4.69, 9.17) is 11.0 Å². The molecule has 0 spiro atoms. The summed E-state index contributed by atoms with van der Waals surface area (Å²) in [5.74, 6) is -0.0757. The molecule has 0 atom stereocenters. The number of Topliss-reactive ketones (excluding diaryl/α,β-unsaturated/α-hetero) is 1. The zero-order chi connectivity index (χ0) is 10.7. The third-order valence-electron chi connectivity index (χ3n) is 2.01. The Kier molecular flexibility index (Phi) is 3.26. The van der Waals surface area contributed by atoms with Crippen molar-refractivity contribution in [3.8, 4) is 6.07 Å². The summed E-state index contributed by atoms with van der Waals surface area (Å²) >= 11 is 3.07. The monoisotopic (exact) mass is 252 g/mol. The topological polar surface area (TPSA) is 66.9 Å². The van der Waals surface area contributed by atoms with Gasteiger partial charge in [-0.15, -0.1) is 0 Å². The molecule has 0 saturated carbocycles. The second-order valence-corrected chi connectivity index (χ2v) is 3.47. The van der Waals surface area contributed by atoms with Crippen LogP contribution in [-0.4, -0.2) is 11.1 Å². The fourth-order valence-corrected chi connectivity index (χ4v) is 1.41. The number of carbonyl (C=O) groups excluding carboxylic acids is 1. The summed E-state index contributed by atoms with van der Waals surface area (Å²) in [5.41, 5.74) is 7.80. The average Bonchev–Trinajstić information content (AvgIpc) is 2.20. The molecule has 0 aliphatic heterocycles. The summed E-state index contributed by atoms with van der Waals surface area (Å²) in [6.45, 7) is 1.76. The minimum Gasteiger partial charge on any atom is -0.398 e. The van der Waals surface area contributed by atoms with Crippen molar-refractivity contribution >= 4 is 27.4 Å². The van der Waals surface area contributed by atoms with E-state index in [1.54, 1.807) is 19.1 Å². The van der Waals surface area contributed by atoms with Crippen LogP contribution in [-0.2, 0) is 0 Å². The summed E-state index contributed by atoms with van der Waals surface area (Å²) in [5, 5.41) is 9.03. The number of anilines is 1. The number of nitriles is 1. The van der Waals surface area contributed by atoms with Crippen molar-refractivity contribution in [2.24, 2.45) is 0 Å². The Morgan fingerprint density at radius 2 is 2.29 bits per heavy atom. The molecule has 0 heterocycles. The Morgan fingerprint density at radius 3 is 2.79 bits per heavy atom. The van der Waals surface area contributed by atoms with Crippen LogP contribution in [0.1, 0.15) is 21.5 Å². The number of nitrogens with two attached hydrogens (primary N) is 1. The fourth-order valence-electron chi connectivity index (χ4n) is 1.09. The van der Waals surface area contributed by atoms with Gasteiger partial charge in [-0.3, -0.25) is 4.79 Å². The number of halogens is 1. The van der Waals surface area contributed by atoms with Gasteiger partial charge in [-0.25, -0.2) is 0 Å². The molecule has 0 amide bonds. The van der Waals surface area contributed by atoms with Gasteiger partial charge in [0.25, 0.3) is 0 Å². The number of alkyl halides is 1. The molecule has 3 nitrogen and oxygen atoms in total. The third-order valence-corrected chi connectivity index (χ3v) is 2.52. The van der Waals surface area contributed by atoms with E-state index in [0.717, 1.165) is 5.56 Å². The molecule has 2 N–H and O–H groups in total. The van der Waals surface area contributed by atoms with Crippen molar-refractivity contribution in [3.05, 3.63) is 28.8 Å². The van der Waals surface area contributed by atoms with E-state index >= 15 is 0 Å². The Morgan fingerprint density at radius 1 is 1.64 bits per heavy atom. The molecule has 1 aromatic carbocycles. The van der Waals surface area contributed by atoms with Gasteiger partial charge >= 0.3 is 0 Å². The number of hydrogen-bond donors (Lipinski definition) is 1. The standard InChI is InChI=1S/C10H9BrN2O/c1-6-8(5-12)2-7(3-9(6)13)10(14)4-11/h2-3H,4,13H2,1H3. The van der Waals surface area contributed by atoms with Crippen LogP contribution in [0.25, 0.3) is 0 Å². The molecule has 0 aliphatic rings. The Labute approximate surface area is 90.7 Å². The summed E-state index contributed by atoms with van der Waals surface area (Å²) in [4.78, 5) is 11.3. The molecule has 1 rings (SSSR count).